The largest absolute Gasteiger partial charge is 0.496 e. The molecule has 0 aliphatic heterocycles. The van der Waals surface area contributed by atoms with E-state index in [4.69, 9.17) is 9.47 Å². The molecule has 0 aliphatic rings. The SMILES string of the molecule is COc1ccc(C=O)cc1COc1ccc(C)cc1Br. The third-order valence-corrected chi connectivity index (χ3v) is 3.53. The van der Waals surface area contributed by atoms with Gasteiger partial charge in [0.05, 0.1) is 11.6 Å². The van der Waals surface area contributed by atoms with Crippen LogP contribution in [0.3, 0.4) is 0 Å². The second kappa shape index (κ2) is 6.57. The van der Waals surface area contributed by atoms with E-state index in [2.05, 4.69) is 15.9 Å². The van der Waals surface area contributed by atoms with Crippen LogP contribution in [-0.2, 0) is 6.61 Å². The molecule has 20 heavy (non-hydrogen) atoms. The molecule has 0 radical (unpaired) electrons. The van der Waals surface area contributed by atoms with Crippen LogP contribution in [0.25, 0.3) is 0 Å². The molecule has 0 spiro atoms. The Bertz CT molecular complexity index is 623. The molecule has 0 amide bonds. The average molecular weight is 335 g/mol. The zero-order valence-corrected chi connectivity index (χ0v) is 12.9. The van der Waals surface area contributed by atoms with Crippen molar-refractivity contribution < 1.29 is 14.3 Å². The van der Waals surface area contributed by atoms with E-state index >= 15 is 0 Å². The Hall–Kier alpha value is -1.81. The van der Waals surface area contributed by atoms with Gasteiger partial charge >= 0.3 is 0 Å². The van der Waals surface area contributed by atoms with Crippen molar-refractivity contribution in [2.75, 3.05) is 7.11 Å². The van der Waals surface area contributed by atoms with Crippen LogP contribution in [0.5, 0.6) is 11.5 Å². The number of aldehydes is 1. The number of benzene rings is 2. The molecule has 0 N–H and O–H groups in total. The van der Waals surface area contributed by atoms with Crippen LogP contribution in [0, 0.1) is 6.92 Å². The molecular formula is C16H15BrO3. The Morgan fingerprint density at radius 1 is 1.15 bits per heavy atom. The van der Waals surface area contributed by atoms with Crippen molar-refractivity contribution in [3.63, 3.8) is 0 Å². The highest BCUT2D eigenvalue weighted by Gasteiger charge is 2.07. The normalized spacial score (nSPS) is 10.2. The van der Waals surface area contributed by atoms with E-state index in [1.54, 1.807) is 25.3 Å². The van der Waals surface area contributed by atoms with E-state index in [0.29, 0.717) is 17.9 Å². The highest BCUT2D eigenvalue weighted by molar-refractivity contribution is 9.10. The van der Waals surface area contributed by atoms with Crippen molar-refractivity contribution in [1.82, 2.24) is 0 Å². The Morgan fingerprint density at radius 2 is 1.90 bits per heavy atom. The fraction of sp³-hybridized carbons (Fsp3) is 0.188. The number of methoxy groups -OCH3 is 1. The van der Waals surface area contributed by atoms with Crippen LogP contribution in [0.2, 0.25) is 0 Å². The van der Waals surface area contributed by atoms with Crippen molar-refractivity contribution in [1.29, 1.82) is 0 Å². The minimum Gasteiger partial charge on any atom is -0.496 e. The van der Waals surface area contributed by atoms with Crippen molar-refractivity contribution >= 4 is 22.2 Å². The van der Waals surface area contributed by atoms with Crippen molar-refractivity contribution in [2.24, 2.45) is 0 Å². The van der Waals surface area contributed by atoms with E-state index in [1.165, 1.54) is 0 Å². The summed E-state index contributed by atoms with van der Waals surface area (Å²) in [4.78, 5) is 10.8. The molecule has 3 nitrogen and oxygen atoms in total. The van der Waals surface area contributed by atoms with Gasteiger partial charge in [-0.25, -0.2) is 0 Å². The molecule has 2 rings (SSSR count). The summed E-state index contributed by atoms with van der Waals surface area (Å²) in [6.07, 6.45) is 0.810. The summed E-state index contributed by atoms with van der Waals surface area (Å²) >= 11 is 3.47. The third kappa shape index (κ3) is 3.39. The smallest absolute Gasteiger partial charge is 0.150 e. The van der Waals surface area contributed by atoms with Gasteiger partial charge in [-0.2, -0.15) is 0 Å². The maximum Gasteiger partial charge on any atom is 0.150 e. The van der Waals surface area contributed by atoms with Crippen LogP contribution in [-0.4, -0.2) is 13.4 Å². The Balaban J connectivity index is 2.19. The fourth-order valence-electron chi connectivity index (χ4n) is 1.86. The standard InChI is InChI=1S/C16H15BrO3/c1-11-3-5-16(14(17)7-11)20-10-13-8-12(9-18)4-6-15(13)19-2/h3-9H,10H2,1-2H3. The van der Waals surface area contributed by atoms with Crippen LogP contribution in [0.1, 0.15) is 21.5 Å². The van der Waals surface area contributed by atoms with Gasteiger partial charge in [-0.1, -0.05) is 6.07 Å². The Kier molecular flexibility index (Phi) is 4.79. The van der Waals surface area contributed by atoms with E-state index in [1.807, 2.05) is 25.1 Å². The lowest BCUT2D eigenvalue weighted by Crippen LogP contribution is -2.00. The van der Waals surface area contributed by atoms with Gasteiger partial charge in [0.15, 0.2) is 0 Å². The molecule has 104 valence electrons. The minimum absolute atomic E-state index is 0.340. The number of aryl methyl sites for hydroxylation is 1. The zero-order valence-electron chi connectivity index (χ0n) is 11.4. The predicted molar refractivity (Wildman–Crippen MR) is 81.6 cm³/mol. The summed E-state index contributed by atoms with van der Waals surface area (Å²) in [5.74, 6) is 1.47. The van der Waals surface area contributed by atoms with Crippen LogP contribution >= 0.6 is 15.9 Å². The molecule has 0 aromatic heterocycles. The molecule has 2 aromatic rings. The summed E-state index contributed by atoms with van der Waals surface area (Å²) in [5, 5.41) is 0. The highest BCUT2D eigenvalue weighted by Crippen LogP contribution is 2.28. The van der Waals surface area contributed by atoms with E-state index < -0.39 is 0 Å². The van der Waals surface area contributed by atoms with Gasteiger partial charge in [0, 0.05) is 11.1 Å². The molecule has 0 bridgehead atoms. The summed E-state index contributed by atoms with van der Waals surface area (Å²) in [5.41, 5.74) is 2.60. The number of halogens is 1. The number of carbonyl (C=O) groups excluding carboxylic acids is 1. The Labute approximate surface area is 126 Å². The molecular weight excluding hydrogens is 320 g/mol. The van der Waals surface area contributed by atoms with Crippen LogP contribution in [0.15, 0.2) is 40.9 Å². The Morgan fingerprint density at radius 3 is 2.55 bits per heavy atom. The lowest BCUT2D eigenvalue weighted by molar-refractivity contribution is 0.112. The molecule has 0 saturated heterocycles. The van der Waals surface area contributed by atoms with Gasteiger partial charge in [-0.15, -0.1) is 0 Å². The van der Waals surface area contributed by atoms with Crippen molar-refractivity contribution in [2.45, 2.75) is 13.5 Å². The zero-order chi connectivity index (χ0) is 14.5. The molecule has 0 aliphatic carbocycles. The molecule has 4 heteroatoms. The van der Waals surface area contributed by atoms with E-state index in [9.17, 15) is 4.79 Å². The first-order valence-corrected chi connectivity index (χ1v) is 6.94. The number of carbonyl (C=O) groups is 1. The van der Waals surface area contributed by atoms with Gasteiger partial charge in [-0.3, -0.25) is 4.79 Å². The fourth-order valence-corrected chi connectivity index (χ4v) is 2.47. The van der Waals surface area contributed by atoms with Crippen molar-refractivity contribution in [3.05, 3.63) is 57.6 Å². The summed E-state index contributed by atoms with van der Waals surface area (Å²) < 4.78 is 12.0. The molecule has 0 saturated carbocycles. The topological polar surface area (TPSA) is 35.5 Å². The van der Waals surface area contributed by atoms with Gasteiger partial charge in [-0.05, 0) is 58.7 Å². The third-order valence-electron chi connectivity index (χ3n) is 2.91. The predicted octanol–water partition coefficient (Wildman–Crippen LogP) is 4.16. The van der Waals surface area contributed by atoms with Crippen LogP contribution in [0.4, 0.5) is 0 Å². The summed E-state index contributed by atoms with van der Waals surface area (Å²) in [6, 6.07) is 11.2. The highest BCUT2D eigenvalue weighted by atomic mass is 79.9. The maximum absolute atomic E-state index is 10.8. The molecule has 2 aromatic carbocycles. The van der Waals surface area contributed by atoms with E-state index in [0.717, 1.165) is 27.6 Å². The average Bonchev–Trinajstić information content (AvgIpc) is 2.46. The first kappa shape index (κ1) is 14.6. The van der Waals surface area contributed by atoms with Crippen LogP contribution < -0.4 is 9.47 Å². The first-order chi connectivity index (χ1) is 9.63. The maximum atomic E-state index is 10.8. The van der Waals surface area contributed by atoms with Gasteiger partial charge < -0.3 is 9.47 Å². The lowest BCUT2D eigenvalue weighted by Gasteiger charge is -2.12. The number of rotatable bonds is 5. The van der Waals surface area contributed by atoms with Gasteiger partial charge in [0.2, 0.25) is 0 Å². The lowest BCUT2D eigenvalue weighted by atomic mass is 10.1. The monoisotopic (exact) mass is 334 g/mol. The minimum atomic E-state index is 0.340. The number of hydrogen-bond donors (Lipinski definition) is 0. The molecule has 0 heterocycles. The number of ether oxygens (including phenoxy) is 2. The van der Waals surface area contributed by atoms with E-state index in [-0.39, 0.29) is 0 Å². The van der Waals surface area contributed by atoms with Crippen molar-refractivity contribution in [3.8, 4) is 11.5 Å². The van der Waals surface area contributed by atoms with Gasteiger partial charge in [0.25, 0.3) is 0 Å². The molecule has 0 fully saturated rings. The summed E-state index contributed by atoms with van der Waals surface area (Å²) in [7, 11) is 1.60. The second-order valence-electron chi connectivity index (χ2n) is 4.41. The summed E-state index contributed by atoms with van der Waals surface area (Å²) in [6.45, 7) is 2.36. The molecule has 0 unspecified atom stereocenters. The molecule has 0 atom stereocenters. The number of hydrogen-bond acceptors (Lipinski definition) is 3. The van der Waals surface area contributed by atoms with Gasteiger partial charge in [0.1, 0.15) is 24.4 Å². The first-order valence-electron chi connectivity index (χ1n) is 6.15. The second-order valence-corrected chi connectivity index (χ2v) is 5.27. The quantitative estimate of drug-likeness (QED) is 0.770.